The second kappa shape index (κ2) is 10.0. The quantitative estimate of drug-likeness (QED) is 0.296. The van der Waals surface area contributed by atoms with Gasteiger partial charge in [-0.2, -0.15) is 13.2 Å². The van der Waals surface area contributed by atoms with E-state index in [1.165, 1.54) is 18.6 Å². The van der Waals surface area contributed by atoms with Gasteiger partial charge >= 0.3 is 6.18 Å². The van der Waals surface area contributed by atoms with E-state index in [9.17, 15) is 18.0 Å². The molecular weight excluding hydrogens is 497 g/mol. The van der Waals surface area contributed by atoms with Gasteiger partial charge in [-0.05, 0) is 56.4 Å². The summed E-state index contributed by atoms with van der Waals surface area (Å²) in [7, 11) is 1.56. The third-order valence-electron chi connectivity index (χ3n) is 7.16. The molecule has 1 aliphatic carbocycles. The molecule has 1 atom stereocenters. The third-order valence-corrected chi connectivity index (χ3v) is 7.16. The van der Waals surface area contributed by atoms with Crippen molar-refractivity contribution in [1.29, 1.82) is 0 Å². The van der Waals surface area contributed by atoms with E-state index in [1.54, 1.807) is 19.4 Å². The number of nitrogens with one attached hydrogen (secondary N) is 1. The number of aromatic nitrogens is 5. The molecule has 0 amide bonds. The number of methoxy groups -OCH3 is 1. The summed E-state index contributed by atoms with van der Waals surface area (Å²) in [5, 5.41) is 3.45. The molecule has 0 spiro atoms. The van der Waals surface area contributed by atoms with E-state index in [0.717, 1.165) is 30.5 Å². The Balaban J connectivity index is 1.69. The number of ether oxygens (including phenoxy) is 1. The second-order valence-electron chi connectivity index (χ2n) is 9.55. The number of carbonyl (C=O) groups excluding carboxylic acids is 1. The van der Waals surface area contributed by atoms with Gasteiger partial charge in [0, 0.05) is 24.3 Å². The van der Waals surface area contributed by atoms with Crippen LogP contribution in [0.4, 0.5) is 19.0 Å². The molecule has 0 bridgehead atoms. The Morgan fingerprint density at radius 3 is 2.50 bits per heavy atom. The molecule has 8 nitrogen and oxygen atoms in total. The van der Waals surface area contributed by atoms with Crippen LogP contribution in [0.15, 0.2) is 36.5 Å². The topological polar surface area (TPSA) is 94.8 Å². The van der Waals surface area contributed by atoms with Gasteiger partial charge in [0.15, 0.2) is 29.4 Å². The molecule has 1 fully saturated rings. The van der Waals surface area contributed by atoms with Crippen molar-refractivity contribution < 1.29 is 22.7 Å². The summed E-state index contributed by atoms with van der Waals surface area (Å²) in [5.74, 6) is 1.96. The van der Waals surface area contributed by atoms with E-state index in [0.29, 0.717) is 46.4 Å². The van der Waals surface area contributed by atoms with Crippen LogP contribution >= 0.6 is 0 Å². The smallest absolute Gasteiger partial charge is 0.416 e. The Hall–Kier alpha value is -4.02. The van der Waals surface area contributed by atoms with Crippen LogP contribution < -0.4 is 10.1 Å². The molecular formula is C27H27F3N6O2. The number of pyridine rings is 1. The third kappa shape index (κ3) is 4.80. The number of aldehydes is 1. The van der Waals surface area contributed by atoms with E-state index < -0.39 is 11.7 Å². The van der Waals surface area contributed by atoms with E-state index >= 15 is 0 Å². The number of benzene rings is 1. The van der Waals surface area contributed by atoms with Gasteiger partial charge in [0.25, 0.3) is 0 Å². The first-order valence-electron chi connectivity index (χ1n) is 12.4. The van der Waals surface area contributed by atoms with E-state index in [-0.39, 0.29) is 24.1 Å². The second-order valence-corrected chi connectivity index (χ2v) is 9.55. The van der Waals surface area contributed by atoms with Gasteiger partial charge in [-0.25, -0.2) is 15.0 Å². The summed E-state index contributed by atoms with van der Waals surface area (Å²) in [6, 6.07) is 6.82. The zero-order valence-electron chi connectivity index (χ0n) is 21.2. The summed E-state index contributed by atoms with van der Waals surface area (Å²) in [4.78, 5) is 29.8. The molecule has 3 heterocycles. The number of hydrogen-bond donors (Lipinski definition) is 1. The highest BCUT2D eigenvalue weighted by atomic mass is 19.4. The summed E-state index contributed by atoms with van der Waals surface area (Å²) < 4.78 is 46.8. The highest BCUT2D eigenvalue weighted by Gasteiger charge is 2.30. The van der Waals surface area contributed by atoms with Crippen LogP contribution in [-0.4, -0.2) is 43.9 Å². The maximum Gasteiger partial charge on any atom is 0.416 e. The largest absolute Gasteiger partial charge is 0.496 e. The van der Waals surface area contributed by atoms with Crippen LogP contribution in [0.5, 0.6) is 5.75 Å². The van der Waals surface area contributed by atoms with Crippen LogP contribution in [0.2, 0.25) is 0 Å². The van der Waals surface area contributed by atoms with Crippen LogP contribution in [0.1, 0.15) is 53.5 Å². The van der Waals surface area contributed by atoms with Crippen molar-refractivity contribution in [3.05, 3.63) is 59.0 Å². The lowest BCUT2D eigenvalue weighted by Gasteiger charge is -2.32. The first-order valence-corrected chi connectivity index (χ1v) is 12.4. The molecule has 0 radical (unpaired) electrons. The number of alkyl halides is 3. The number of halogens is 3. The van der Waals surface area contributed by atoms with Gasteiger partial charge < -0.3 is 14.6 Å². The minimum absolute atomic E-state index is 0.0122. The monoisotopic (exact) mass is 524 g/mol. The van der Waals surface area contributed by atoms with E-state index in [2.05, 4.69) is 27.2 Å². The van der Waals surface area contributed by atoms with E-state index in [4.69, 9.17) is 9.72 Å². The number of hydrogen-bond acceptors (Lipinski definition) is 7. The molecule has 5 rings (SSSR count). The predicted octanol–water partition coefficient (Wildman–Crippen LogP) is 5.69. The number of carbonyl (C=O) groups is 1. The Kier molecular flexibility index (Phi) is 6.77. The first-order chi connectivity index (χ1) is 18.2. The molecule has 0 saturated heterocycles. The molecule has 0 unspecified atom stereocenters. The molecule has 1 saturated carbocycles. The fourth-order valence-corrected chi connectivity index (χ4v) is 4.76. The molecule has 4 aromatic rings. The van der Waals surface area contributed by atoms with Crippen molar-refractivity contribution in [3.63, 3.8) is 0 Å². The molecule has 3 aromatic heterocycles. The summed E-state index contributed by atoms with van der Waals surface area (Å²) in [5.41, 5.74) is 1.99. The van der Waals surface area contributed by atoms with Crippen molar-refractivity contribution in [2.24, 2.45) is 5.92 Å². The highest BCUT2D eigenvalue weighted by molar-refractivity contribution is 5.89. The lowest BCUT2D eigenvalue weighted by Crippen LogP contribution is -2.31. The Labute approximate surface area is 217 Å². The minimum atomic E-state index is -4.43. The van der Waals surface area contributed by atoms with Crippen LogP contribution in [-0.2, 0) is 12.7 Å². The van der Waals surface area contributed by atoms with Crippen molar-refractivity contribution >= 4 is 23.3 Å². The van der Waals surface area contributed by atoms with Gasteiger partial charge in [0.05, 0.1) is 12.7 Å². The molecule has 1 N–H and O–H groups in total. The standard InChI is InChI=1S/C27H27F3N6O2/c1-15-20(38-3)11-12-31-22(15)26-35-25-23(36(26)13-17-7-9-19(10-8-17)27(28,29)30)24(33-21(14-37)34-25)32-16(2)18-5-4-6-18/h7-12,14,16,18H,4-6,13H2,1-3H3,(H,32,33,34)/t16-/m1/s1. The average Bonchev–Trinajstić information content (AvgIpc) is 3.20. The summed E-state index contributed by atoms with van der Waals surface area (Å²) in [6.07, 6.45) is 1.12. The van der Waals surface area contributed by atoms with Gasteiger partial charge in [-0.15, -0.1) is 0 Å². The maximum absolute atomic E-state index is 13.2. The van der Waals surface area contributed by atoms with Gasteiger partial charge in [-0.3, -0.25) is 9.78 Å². The number of fused-ring (bicyclic) bond motifs is 1. The number of rotatable bonds is 8. The first kappa shape index (κ1) is 25.6. The van der Waals surface area contributed by atoms with Crippen LogP contribution in [0.3, 0.4) is 0 Å². The fourth-order valence-electron chi connectivity index (χ4n) is 4.76. The minimum Gasteiger partial charge on any atom is -0.496 e. The van der Waals surface area contributed by atoms with Crippen molar-refractivity contribution in [3.8, 4) is 17.3 Å². The van der Waals surface area contributed by atoms with Gasteiger partial charge in [0.1, 0.15) is 17.0 Å². The Morgan fingerprint density at radius 1 is 1.16 bits per heavy atom. The summed E-state index contributed by atoms with van der Waals surface area (Å²) >= 11 is 0. The highest BCUT2D eigenvalue weighted by Crippen LogP contribution is 2.35. The normalized spacial score (nSPS) is 14.8. The van der Waals surface area contributed by atoms with E-state index in [1.807, 2.05) is 11.5 Å². The zero-order valence-corrected chi connectivity index (χ0v) is 21.2. The molecule has 1 aromatic carbocycles. The Bertz CT molecular complexity index is 1480. The van der Waals surface area contributed by atoms with Crippen LogP contribution in [0, 0.1) is 12.8 Å². The SMILES string of the molecule is COc1ccnc(-c2nc3nc(C=O)nc(N[C@H](C)C4CCC4)c3n2Cc2ccc(C(F)(F)F)cc2)c1C. The van der Waals surface area contributed by atoms with Crippen molar-refractivity contribution in [2.75, 3.05) is 12.4 Å². The molecule has 11 heteroatoms. The van der Waals surface area contributed by atoms with Gasteiger partial charge in [0.2, 0.25) is 0 Å². The molecule has 1 aliphatic rings. The van der Waals surface area contributed by atoms with Crippen molar-refractivity contribution in [2.45, 2.75) is 51.9 Å². The summed E-state index contributed by atoms with van der Waals surface area (Å²) in [6.45, 7) is 4.10. The van der Waals surface area contributed by atoms with Crippen molar-refractivity contribution in [1.82, 2.24) is 24.5 Å². The van der Waals surface area contributed by atoms with Crippen LogP contribution in [0.25, 0.3) is 22.7 Å². The molecule has 38 heavy (non-hydrogen) atoms. The Morgan fingerprint density at radius 2 is 1.89 bits per heavy atom. The molecule has 0 aliphatic heterocycles. The lowest BCUT2D eigenvalue weighted by atomic mass is 9.80. The zero-order chi connectivity index (χ0) is 27.0. The maximum atomic E-state index is 13.2. The fraction of sp³-hybridized carbons (Fsp3) is 0.370. The number of nitrogens with zero attached hydrogens (tertiary/aromatic N) is 5. The number of anilines is 1. The number of imidazole rings is 1. The lowest BCUT2D eigenvalue weighted by molar-refractivity contribution is -0.137. The van der Waals surface area contributed by atoms with Gasteiger partial charge in [-0.1, -0.05) is 18.6 Å². The molecule has 198 valence electrons. The average molecular weight is 525 g/mol. The predicted molar refractivity (Wildman–Crippen MR) is 136 cm³/mol.